The molecule has 0 bridgehead atoms. The monoisotopic (exact) mass is 341 g/mol. The summed E-state index contributed by atoms with van der Waals surface area (Å²) in [6.45, 7) is 0.909. The summed E-state index contributed by atoms with van der Waals surface area (Å²) < 4.78 is 15.2. The zero-order chi connectivity index (χ0) is 16.5. The minimum atomic E-state index is -0.242. The van der Waals surface area contributed by atoms with Crippen molar-refractivity contribution in [2.45, 2.75) is 19.3 Å². The number of hydrogen-bond acceptors (Lipinski definition) is 2. The number of halogens is 2. The largest absolute Gasteiger partial charge is 0.370 e. The van der Waals surface area contributed by atoms with Crippen LogP contribution in [0.2, 0.25) is 5.02 Å². The summed E-state index contributed by atoms with van der Waals surface area (Å²) in [5.41, 5.74) is 3.82. The Kier molecular flexibility index (Phi) is 3.98. The number of benzene rings is 2. The predicted molar refractivity (Wildman–Crippen MR) is 95.4 cm³/mol. The van der Waals surface area contributed by atoms with Crippen LogP contribution in [0.3, 0.4) is 0 Å². The molecule has 2 aromatic carbocycles. The number of aromatic nitrogens is 2. The Morgan fingerprint density at radius 1 is 1.04 bits per heavy atom. The minimum Gasteiger partial charge on any atom is -0.370 e. The molecule has 24 heavy (non-hydrogen) atoms. The maximum atomic E-state index is 13.3. The van der Waals surface area contributed by atoms with E-state index in [-0.39, 0.29) is 5.82 Å². The van der Waals surface area contributed by atoms with Crippen molar-refractivity contribution >= 4 is 17.4 Å². The number of nitrogens with zero attached hydrogens (tertiary/aromatic N) is 2. The number of nitrogens with one attached hydrogen (secondary N) is 1. The Labute approximate surface area is 145 Å². The second-order valence-corrected chi connectivity index (χ2v) is 6.34. The van der Waals surface area contributed by atoms with Crippen molar-refractivity contribution in [2.75, 3.05) is 11.9 Å². The van der Waals surface area contributed by atoms with Gasteiger partial charge >= 0.3 is 0 Å². The molecule has 4 rings (SSSR count). The summed E-state index contributed by atoms with van der Waals surface area (Å²) in [4.78, 5) is 0. The van der Waals surface area contributed by atoms with E-state index in [1.54, 1.807) is 12.1 Å². The first-order chi connectivity index (χ1) is 11.7. The average molecular weight is 342 g/mol. The third-order valence-corrected chi connectivity index (χ3v) is 4.65. The smallest absolute Gasteiger partial charge is 0.133 e. The molecule has 0 fully saturated rings. The first-order valence-corrected chi connectivity index (χ1v) is 8.48. The highest BCUT2D eigenvalue weighted by Gasteiger charge is 2.22. The average Bonchev–Trinajstić information content (AvgIpc) is 2.78. The normalized spacial score (nSPS) is 13.9. The lowest BCUT2D eigenvalue weighted by atomic mass is 10.0. The Hall–Kier alpha value is -2.33. The SMILES string of the molecule is Fc1ccc(-c2nn(-c3ccccc3Cl)c3c2CCCCN3)cc1. The van der Waals surface area contributed by atoms with E-state index in [1.807, 2.05) is 28.9 Å². The van der Waals surface area contributed by atoms with E-state index in [0.29, 0.717) is 5.02 Å². The van der Waals surface area contributed by atoms with Crippen molar-refractivity contribution < 1.29 is 4.39 Å². The topological polar surface area (TPSA) is 29.9 Å². The second kappa shape index (κ2) is 6.29. The number of fused-ring (bicyclic) bond motifs is 1. The summed E-state index contributed by atoms with van der Waals surface area (Å²) >= 11 is 6.38. The molecule has 0 radical (unpaired) electrons. The van der Waals surface area contributed by atoms with E-state index in [9.17, 15) is 4.39 Å². The molecular weight excluding hydrogens is 325 g/mol. The van der Waals surface area contributed by atoms with Crippen molar-refractivity contribution in [3.63, 3.8) is 0 Å². The fourth-order valence-electron chi connectivity index (χ4n) is 3.14. The molecule has 0 aliphatic carbocycles. The van der Waals surface area contributed by atoms with Crippen LogP contribution in [0, 0.1) is 5.82 Å². The van der Waals surface area contributed by atoms with Crippen molar-refractivity contribution in [1.29, 1.82) is 0 Å². The van der Waals surface area contributed by atoms with Gasteiger partial charge in [-0.3, -0.25) is 0 Å². The lowest BCUT2D eigenvalue weighted by Gasteiger charge is -2.10. The molecule has 1 aliphatic rings. The van der Waals surface area contributed by atoms with Crippen molar-refractivity contribution in [3.8, 4) is 16.9 Å². The summed E-state index contributed by atoms with van der Waals surface area (Å²) in [7, 11) is 0. The van der Waals surface area contributed by atoms with Crippen LogP contribution in [0.4, 0.5) is 10.2 Å². The second-order valence-electron chi connectivity index (χ2n) is 5.93. The van der Waals surface area contributed by atoms with Crippen molar-refractivity contribution in [1.82, 2.24) is 9.78 Å². The van der Waals surface area contributed by atoms with Crippen LogP contribution in [0.5, 0.6) is 0 Å². The quantitative estimate of drug-likeness (QED) is 0.704. The van der Waals surface area contributed by atoms with Gasteiger partial charge in [0.2, 0.25) is 0 Å². The van der Waals surface area contributed by atoms with Gasteiger partial charge in [-0.1, -0.05) is 23.7 Å². The zero-order valence-corrected chi connectivity index (χ0v) is 13.9. The van der Waals surface area contributed by atoms with Gasteiger partial charge in [0, 0.05) is 17.7 Å². The Morgan fingerprint density at radius 2 is 1.83 bits per heavy atom. The lowest BCUT2D eigenvalue weighted by molar-refractivity contribution is 0.628. The van der Waals surface area contributed by atoms with Gasteiger partial charge in [-0.15, -0.1) is 0 Å². The lowest BCUT2D eigenvalue weighted by Crippen LogP contribution is -2.07. The van der Waals surface area contributed by atoms with Gasteiger partial charge in [-0.05, 0) is 55.7 Å². The molecule has 0 spiro atoms. The third kappa shape index (κ3) is 2.67. The molecule has 2 heterocycles. The van der Waals surface area contributed by atoms with Crippen LogP contribution in [0.1, 0.15) is 18.4 Å². The number of rotatable bonds is 2. The highest BCUT2D eigenvalue weighted by molar-refractivity contribution is 6.32. The summed E-state index contributed by atoms with van der Waals surface area (Å²) in [6.07, 6.45) is 3.15. The molecule has 1 N–H and O–H groups in total. The molecule has 122 valence electrons. The van der Waals surface area contributed by atoms with E-state index in [2.05, 4.69) is 5.32 Å². The van der Waals surface area contributed by atoms with Crippen LogP contribution < -0.4 is 5.32 Å². The van der Waals surface area contributed by atoms with E-state index in [0.717, 1.165) is 48.6 Å². The number of para-hydroxylation sites is 1. The van der Waals surface area contributed by atoms with Crippen LogP contribution in [0.25, 0.3) is 16.9 Å². The molecule has 3 aromatic rings. The number of anilines is 1. The van der Waals surface area contributed by atoms with Gasteiger partial charge in [0.25, 0.3) is 0 Å². The standard InChI is InChI=1S/C19H17ClFN3/c20-16-6-1-2-7-17(16)24-19-15(5-3-4-12-22-19)18(23-24)13-8-10-14(21)11-9-13/h1-2,6-11,22H,3-5,12H2. The molecular formula is C19H17ClFN3. The molecule has 1 aromatic heterocycles. The zero-order valence-electron chi connectivity index (χ0n) is 13.1. The number of hydrogen-bond donors (Lipinski definition) is 1. The van der Waals surface area contributed by atoms with Crippen LogP contribution in [-0.2, 0) is 6.42 Å². The van der Waals surface area contributed by atoms with Gasteiger partial charge < -0.3 is 5.32 Å². The first-order valence-electron chi connectivity index (χ1n) is 8.10. The Bertz CT molecular complexity index is 871. The van der Waals surface area contributed by atoms with E-state index < -0.39 is 0 Å². The predicted octanol–water partition coefficient (Wildman–Crippen LogP) is 5.08. The molecule has 0 saturated carbocycles. The molecule has 0 atom stereocenters. The van der Waals surface area contributed by atoms with Gasteiger partial charge in [0.15, 0.2) is 0 Å². The maximum Gasteiger partial charge on any atom is 0.133 e. The van der Waals surface area contributed by atoms with Crippen LogP contribution in [-0.4, -0.2) is 16.3 Å². The van der Waals surface area contributed by atoms with Gasteiger partial charge in [-0.2, -0.15) is 5.10 Å². The van der Waals surface area contributed by atoms with E-state index in [4.69, 9.17) is 16.7 Å². The molecule has 0 amide bonds. The van der Waals surface area contributed by atoms with Crippen LogP contribution in [0.15, 0.2) is 48.5 Å². The summed E-state index contributed by atoms with van der Waals surface area (Å²) in [5.74, 6) is 0.744. The molecule has 0 unspecified atom stereocenters. The van der Waals surface area contributed by atoms with Gasteiger partial charge in [-0.25, -0.2) is 9.07 Å². The van der Waals surface area contributed by atoms with Crippen molar-refractivity contribution in [2.24, 2.45) is 0 Å². The highest BCUT2D eigenvalue weighted by Crippen LogP contribution is 2.35. The van der Waals surface area contributed by atoms with E-state index in [1.165, 1.54) is 17.7 Å². The Morgan fingerprint density at radius 3 is 2.62 bits per heavy atom. The summed E-state index contributed by atoms with van der Waals surface area (Å²) in [5, 5.41) is 8.95. The maximum absolute atomic E-state index is 13.3. The fourth-order valence-corrected chi connectivity index (χ4v) is 3.36. The van der Waals surface area contributed by atoms with Gasteiger partial charge in [0.05, 0.1) is 16.4 Å². The summed E-state index contributed by atoms with van der Waals surface area (Å²) in [6, 6.07) is 14.2. The third-order valence-electron chi connectivity index (χ3n) is 4.33. The molecule has 1 aliphatic heterocycles. The molecule has 3 nitrogen and oxygen atoms in total. The first kappa shape index (κ1) is 15.2. The highest BCUT2D eigenvalue weighted by atomic mass is 35.5. The molecule has 0 saturated heterocycles. The Balaban J connectivity index is 1.92. The molecule has 5 heteroatoms. The van der Waals surface area contributed by atoms with Crippen molar-refractivity contribution in [3.05, 3.63) is 64.9 Å². The van der Waals surface area contributed by atoms with Crippen LogP contribution >= 0.6 is 11.6 Å². The van der Waals surface area contributed by atoms with E-state index >= 15 is 0 Å². The van der Waals surface area contributed by atoms with Gasteiger partial charge in [0.1, 0.15) is 11.6 Å². The fraction of sp³-hybridized carbons (Fsp3) is 0.211. The minimum absolute atomic E-state index is 0.242.